The summed E-state index contributed by atoms with van der Waals surface area (Å²) >= 11 is 0. The molecule has 0 atom stereocenters. The first-order valence-corrected chi connectivity index (χ1v) is 6.13. The molecule has 0 spiro atoms. The van der Waals surface area contributed by atoms with E-state index in [0.29, 0.717) is 12.3 Å². The molecular formula is C12H22N2O3. The van der Waals surface area contributed by atoms with Crippen molar-refractivity contribution < 1.29 is 14.7 Å². The van der Waals surface area contributed by atoms with Gasteiger partial charge >= 0.3 is 5.97 Å². The topological polar surface area (TPSA) is 60.9 Å². The lowest BCUT2D eigenvalue weighted by Crippen LogP contribution is -2.37. The first kappa shape index (κ1) is 14.0. The molecule has 0 saturated carbocycles. The molecule has 98 valence electrons. The monoisotopic (exact) mass is 242 g/mol. The number of hydrogen-bond donors (Lipinski definition) is 1. The Bertz CT molecular complexity index is 271. The molecule has 0 radical (unpaired) electrons. The van der Waals surface area contributed by atoms with Gasteiger partial charge in [0.15, 0.2) is 0 Å². The average molecular weight is 242 g/mol. The summed E-state index contributed by atoms with van der Waals surface area (Å²) in [6.07, 6.45) is 2.70. The molecule has 1 aliphatic rings. The molecule has 1 saturated heterocycles. The quantitative estimate of drug-likeness (QED) is 0.769. The maximum Gasteiger partial charge on any atom is 0.303 e. The van der Waals surface area contributed by atoms with Crippen LogP contribution in [0.15, 0.2) is 0 Å². The number of rotatable bonds is 5. The predicted molar refractivity (Wildman–Crippen MR) is 64.7 cm³/mol. The molecule has 0 bridgehead atoms. The van der Waals surface area contributed by atoms with Gasteiger partial charge in [-0.1, -0.05) is 0 Å². The van der Waals surface area contributed by atoms with Crippen LogP contribution in [0.5, 0.6) is 0 Å². The second kappa shape index (κ2) is 6.59. The molecule has 0 aromatic rings. The largest absolute Gasteiger partial charge is 0.481 e. The van der Waals surface area contributed by atoms with Crippen molar-refractivity contribution in [3.63, 3.8) is 0 Å². The number of carboxylic acids is 1. The van der Waals surface area contributed by atoms with Gasteiger partial charge in [0.25, 0.3) is 0 Å². The number of carboxylic acid groups (broad SMARTS) is 1. The molecule has 1 fully saturated rings. The van der Waals surface area contributed by atoms with Crippen LogP contribution in [0, 0.1) is 5.92 Å². The van der Waals surface area contributed by atoms with Gasteiger partial charge in [0.05, 0.1) is 0 Å². The lowest BCUT2D eigenvalue weighted by molar-refractivity contribution is -0.138. The normalized spacial score (nSPS) is 18.0. The minimum Gasteiger partial charge on any atom is -0.481 e. The van der Waals surface area contributed by atoms with E-state index >= 15 is 0 Å². The zero-order valence-electron chi connectivity index (χ0n) is 10.7. The van der Waals surface area contributed by atoms with Crippen molar-refractivity contribution in [1.82, 2.24) is 9.80 Å². The van der Waals surface area contributed by atoms with E-state index in [1.54, 1.807) is 19.0 Å². The third-order valence-corrected chi connectivity index (χ3v) is 3.31. The molecule has 1 aliphatic heterocycles. The highest BCUT2D eigenvalue weighted by atomic mass is 16.4. The van der Waals surface area contributed by atoms with Gasteiger partial charge in [0.2, 0.25) is 5.91 Å². The number of piperidine rings is 1. The zero-order chi connectivity index (χ0) is 12.8. The molecule has 0 aromatic carbocycles. The summed E-state index contributed by atoms with van der Waals surface area (Å²) < 4.78 is 0. The summed E-state index contributed by atoms with van der Waals surface area (Å²) in [7, 11) is 3.53. The second-order valence-corrected chi connectivity index (χ2v) is 4.92. The zero-order valence-corrected chi connectivity index (χ0v) is 10.7. The van der Waals surface area contributed by atoms with Gasteiger partial charge in [0, 0.05) is 33.5 Å². The van der Waals surface area contributed by atoms with E-state index in [1.807, 2.05) is 0 Å². The first-order chi connectivity index (χ1) is 7.99. The van der Waals surface area contributed by atoms with Gasteiger partial charge in [-0.2, -0.15) is 0 Å². The highest BCUT2D eigenvalue weighted by Crippen LogP contribution is 2.20. The van der Waals surface area contributed by atoms with Crippen molar-refractivity contribution in [2.75, 3.05) is 33.7 Å². The third-order valence-electron chi connectivity index (χ3n) is 3.31. The minimum absolute atomic E-state index is 0.151. The smallest absolute Gasteiger partial charge is 0.303 e. The van der Waals surface area contributed by atoms with Gasteiger partial charge in [-0.3, -0.25) is 9.59 Å². The average Bonchev–Trinajstić information content (AvgIpc) is 2.26. The molecule has 1 rings (SSSR count). The molecule has 5 heteroatoms. The number of carbonyl (C=O) groups excluding carboxylic acids is 1. The molecule has 5 nitrogen and oxygen atoms in total. The number of carbonyl (C=O) groups is 2. The number of likely N-dealkylation sites (tertiary alicyclic amines) is 1. The third kappa shape index (κ3) is 5.17. The molecule has 0 unspecified atom stereocenters. The van der Waals surface area contributed by atoms with Crippen LogP contribution in [-0.4, -0.2) is 60.5 Å². The molecule has 1 amide bonds. The van der Waals surface area contributed by atoms with Crippen LogP contribution in [-0.2, 0) is 9.59 Å². The molecular weight excluding hydrogens is 220 g/mol. The van der Waals surface area contributed by atoms with E-state index < -0.39 is 5.97 Å². The van der Waals surface area contributed by atoms with Gasteiger partial charge in [-0.05, 0) is 31.8 Å². The minimum atomic E-state index is -0.703. The van der Waals surface area contributed by atoms with Crippen LogP contribution in [0.25, 0.3) is 0 Å². The fraction of sp³-hybridized carbons (Fsp3) is 0.833. The van der Waals surface area contributed by atoms with Crippen molar-refractivity contribution in [3.8, 4) is 0 Å². The Morgan fingerprint density at radius 3 is 2.35 bits per heavy atom. The number of hydrogen-bond acceptors (Lipinski definition) is 3. The van der Waals surface area contributed by atoms with Crippen molar-refractivity contribution in [3.05, 3.63) is 0 Å². The Hall–Kier alpha value is -1.10. The maximum atomic E-state index is 11.4. The van der Waals surface area contributed by atoms with Crippen molar-refractivity contribution in [2.45, 2.75) is 25.7 Å². The van der Waals surface area contributed by atoms with E-state index in [-0.39, 0.29) is 12.3 Å². The van der Waals surface area contributed by atoms with Crippen LogP contribution in [0.1, 0.15) is 25.7 Å². The Morgan fingerprint density at radius 1 is 1.29 bits per heavy atom. The van der Waals surface area contributed by atoms with Crippen LogP contribution >= 0.6 is 0 Å². The number of nitrogens with zero attached hydrogens (tertiary/aromatic N) is 2. The van der Waals surface area contributed by atoms with E-state index in [2.05, 4.69) is 4.90 Å². The lowest BCUT2D eigenvalue weighted by Gasteiger charge is -2.31. The van der Waals surface area contributed by atoms with Crippen LogP contribution in [0.3, 0.4) is 0 Å². The standard InChI is InChI=1S/C12H22N2O3/c1-13(2)11(15)5-8-14-6-3-10(4-7-14)9-12(16)17/h10H,3-9H2,1-2H3,(H,16,17). The fourth-order valence-corrected chi connectivity index (χ4v) is 2.14. The van der Waals surface area contributed by atoms with Gasteiger partial charge in [0.1, 0.15) is 0 Å². The number of aliphatic carboxylic acids is 1. The Balaban J connectivity index is 2.19. The second-order valence-electron chi connectivity index (χ2n) is 4.92. The molecule has 0 aromatic heterocycles. The highest BCUT2D eigenvalue weighted by molar-refractivity contribution is 5.75. The van der Waals surface area contributed by atoms with Gasteiger partial charge in [-0.15, -0.1) is 0 Å². The highest BCUT2D eigenvalue weighted by Gasteiger charge is 2.21. The van der Waals surface area contributed by atoms with E-state index in [1.165, 1.54) is 0 Å². The maximum absolute atomic E-state index is 11.4. The van der Waals surface area contributed by atoms with Crippen molar-refractivity contribution in [1.29, 1.82) is 0 Å². The van der Waals surface area contributed by atoms with Crippen LogP contribution in [0.2, 0.25) is 0 Å². The summed E-state index contributed by atoms with van der Waals surface area (Å²) in [5.41, 5.74) is 0. The molecule has 0 aliphatic carbocycles. The molecule has 17 heavy (non-hydrogen) atoms. The van der Waals surface area contributed by atoms with Crippen molar-refractivity contribution >= 4 is 11.9 Å². The molecule has 1 N–H and O–H groups in total. The number of amides is 1. The summed E-state index contributed by atoms with van der Waals surface area (Å²) in [5.74, 6) is -0.239. The predicted octanol–water partition coefficient (Wildman–Crippen LogP) is 0.651. The Morgan fingerprint density at radius 2 is 1.88 bits per heavy atom. The van der Waals surface area contributed by atoms with Gasteiger partial charge < -0.3 is 14.9 Å². The van der Waals surface area contributed by atoms with Crippen molar-refractivity contribution in [2.24, 2.45) is 5.92 Å². The molecule has 1 heterocycles. The fourth-order valence-electron chi connectivity index (χ4n) is 2.14. The lowest BCUT2D eigenvalue weighted by atomic mass is 9.93. The van der Waals surface area contributed by atoms with E-state index in [0.717, 1.165) is 32.5 Å². The Kier molecular flexibility index (Phi) is 5.41. The van der Waals surface area contributed by atoms with Crippen LogP contribution < -0.4 is 0 Å². The Labute approximate surface area is 102 Å². The van der Waals surface area contributed by atoms with Crippen LogP contribution in [0.4, 0.5) is 0 Å². The van der Waals surface area contributed by atoms with E-state index in [9.17, 15) is 9.59 Å². The summed E-state index contributed by atoms with van der Waals surface area (Å²) in [6.45, 7) is 2.62. The first-order valence-electron chi connectivity index (χ1n) is 6.13. The van der Waals surface area contributed by atoms with E-state index in [4.69, 9.17) is 5.11 Å². The summed E-state index contributed by atoms with van der Waals surface area (Å²) in [5, 5.41) is 8.71. The summed E-state index contributed by atoms with van der Waals surface area (Å²) in [6, 6.07) is 0. The SMILES string of the molecule is CN(C)C(=O)CCN1CCC(CC(=O)O)CC1. The van der Waals surface area contributed by atoms with Gasteiger partial charge in [-0.25, -0.2) is 0 Å². The summed E-state index contributed by atoms with van der Waals surface area (Å²) in [4.78, 5) is 25.9.